The van der Waals surface area contributed by atoms with Crippen LogP contribution in [0.2, 0.25) is 20.1 Å². The maximum Gasteiger partial charge on any atom is 0.264 e. The molecule has 0 aromatic heterocycles. The lowest BCUT2D eigenvalue weighted by Crippen LogP contribution is -2.52. The lowest BCUT2D eigenvalue weighted by atomic mass is 10.1. The van der Waals surface area contributed by atoms with Crippen LogP contribution in [-0.4, -0.2) is 43.8 Å². The van der Waals surface area contributed by atoms with Gasteiger partial charge in [-0.05, 0) is 68.3 Å². The predicted molar refractivity (Wildman–Crippen MR) is 162 cm³/mol. The van der Waals surface area contributed by atoms with Crippen LogP contribution in [0.4, 0.5) is 5.69 Å². The third-order valence-electron chi connectivity index (χ3n) is 6.29. The van der Waals surface area contributed by atoms with Gasteiger partial charge in [-0.25, -0.2) is 8.42 Å². The molecule has 3 rings (SSSR count). The van der Waals surface area contributed by atoms with E-state index in [0.717, 1.165) is 4.31 Å². The zero-order chi connectivity index (χ0) is 29.6. The molecule has 0 bridgehead atoms. The van der Waals surface area contributed by atoms with Gasteiger partial charge in [-0.1, -0.05) is 77.6 Å². The number of carbonyl (C=O) groups is 2. The highest BCUT2D eigenvalue weighted by Gasteiger charge is 2.33. The Morgan fingerprint density at radius 1 is 0.875 bits per heavy atom. The molecule has 0 aliphatic carbocycles. The molecule has 0 aliphatic heterocycles. The van der Waals surface area contributed by atoms with E-state index in [0.29, 0.717) is 22.0 Å². The van der Waals surface area contributed by atoms with E-state index in [1.165, 1.54) is 35.2 Å². The molecule has 0 spiro atoms. The Morgan fingerprint density at radius 2 is 1.55 bits per heavy atom. The van der Waals surface area contributed by atoms with Crippen LogP contribution in [-0.2, 0) is 26.2 Å². The van der Waals surface area contributed by atoms with E-state index in [1.807, 2.05) is 13.8 Å². The van der Waals surface area contributed by atoms with Crippen molar-refractivity contribution in [3.8, 4) is 0 Å². The molecule has 3 aromatic rings. The molecule has 2 unspecified atom stereocenters. The normalized spacial score (nSPS) is 12.9. The quantitative estimate of drug-likeness (QED) is 0.248. The molecule has 0 fully saturated rings. The van der Waals surface area contributed by atoms with Crippen LogP contribution in [0.25, 0.3) is 0 Å². The topological polar surface area (TPSA) is 86.8 Å². The van der Waals surface area contributed by atoms with Gasteiger partial charge in [0.15, 0.2) is 0 Å². The molecular weight excluding hydrogens is 616 g/mol. The van der Waals surface area contributed by atoms with Crippen LogP contribution >= 0.6 is 46.4 Å². The molecule has 1 N–H and O–H groups in total. The maximum absolute atomic E-state index is 14.0. The standard InChI is InChI=1S/C28H29Cl4N3O4S/c1-4-18(2)33-28(37)19(3)34(16-20-10-12-23(30)24(31)14-20)27(36)17-35(26-13-11-21(29)15-25(26)32)40(38,39)22-8-6-5-7-9-22/h5-15,18-19H,4,16-17H2,1-3H3,(H,33,37). The molecule has 7 nitrogen and oxygen atoms in total. The molecule has 214 valence electrons. The lowest BCUT2D eigenvalue weighted by Gasteiger charge is -2.32. The van der Waals surface area contributed by atoms with Crippen LogP contribution < -0.4 is 9.62 Å². The molecule has 3 aromatic carbocycles. The average molecular weight is 645 g/mol. The van der Waals surface area contributed by atoms with Gasteiger partial charge in [-0.15, -0.1) is 0 Å². The van der Waals surface area contributed by atoms with Gasteiger partial charge in [0.2, 0.25) is 11.8 Å². The monoisotopic (exact) mass is 643 g/mol. The highest BCUT2D eigenvalue weighted by molar-refractivity contribution is 7.92. The minimum atomic E-state index is -4.25. The van der Waals surface area contributed by atoms with Gasteiger partial charge in [0.05, 0.1) is 25.7 Å². The van der Waals surface area contributed by atoms with E-state index in [2.05, 4.69) is 5.32 Å². The van der Waals surface area contributed by atoms with Gasteiger partial charge in [0.25, 0.3) is 10.0 Å². The molecule has 0 radical (unpaired) electrons. The summed E-state index contributed by atoms with van der Waals surface area (Å²) < 4.78 is 28.5. The van der Waals surface area contributed by atoms with Gasteiger partial charge in [0.1, 0.15) is 12.6 Å². The summed E-state index contributed by atoms with van der Waals surface area (Å²) in [7, 11) is -4.25. The summed E-state index contributed by atoms with van der Waals surface area (Å²) in [6.45, 7) is 4.69. The molecule has 2 amide bonds. The second-order valence-electron chi connectivity index (χ2n) is 9.18. The zero-order valence-electron chi connectivity index (χ0n) is 22.1. The van der Waals surface area contributed by atoms with Gasteiger partial charge in [-0.3, -0.25) is 13.9 Å². The second-order valence-corrected chi connectivity index (χ2v) is 12.7. The number of hydrogen-bond acceptors (Lipinski definition) is 4. The first-order valence-corrected chi connectivity index (χ1v) is 15.4. The Morgan fingerprint density at radius 3 is 2.15 bits per heavy atom. The van der Waals surface area contributed by atoms with E-state index in [9.17, 15) is 18.0 Å². The summed E-state index contributed by atoms with van der Waals surface area (Å²) in [5.41, 5.74) is 0.669. The van der Waals surface area contributed by atoms with Gasteiger partial charge in [0, 0.05) is 17.6 Å². The highest BCUT2D eigenvalue weighted by Crippen LogP contribution is 2.33. The predicted octanol–water partition coefficient (Wildman–Crippen LogP) is 6.83. The summed E-state index contributed by atoms with van der Waals surface area (Å²) in [5, 5.41) is 3.84. The molecule has 0 aliphatic rings. The van der Waals surface area contributed by atoms with Crippen molar-refractivity contribution in [3.05, 3.63) is 92.4 Å². The summed E-state index contributed by atoms with van der Waals surface area (Å²) in [6.07, 6.45) is 0.692. The first kappa shape index (κ1) is 32.0. The van der Waals surface area contributed by atoms with Gasteiger partial charge < -0.3 is 10.2 Å². The maximum atomic E-state index is 14.0. The number of benzene rings is 3. The van der Waals surface area contributed by atoms with Crippen molar-refractivity contribution in [1.29, 1.82) is 0 Å². The molecule has 0 saturated heterocycles. The van der Waals surface area contributed by atoms with Crippen molar-refractivity contribution in [3.63, 3.8) is 0 Å². The van der Waals surface area contributed by atoms with Crippen LogP contribution in [0.15, 0.2) is 71.6 Å². The van der Waals surface area contributed by atoms with E-state index in [1.54, 1.807) is 43.3 Å². The Hall–Kier alpha value is -2.49. The molecule has 12 heteroatoms. The van der Waals surface area contributed by atoms with E-state index >= 15 is 0 Å². The smallest absolute Gasteiger partial charge is 0.264 e. The Kier molecular flexibility index (Phi) is 11.1. The van der Waals surface area contributed by atoms with Crippen molar-refractivity contribution < 1.29 is 18.0 Å². The molecule has 40 heavy (non-hydrogen) atoms. The van der Waals surface area contributed by atoms with Crippen LogP contribution in [0.3, 0.4) is 0 Å². The molecule has 2 atom stereocenters. The first-order chi connectivity index (χ1) is 18.8. The van der Waals surface area contributed by atoms with E-state index in [-0.39, 0.29) is 39.1 Å². The minimum absolute atomic E-state index is 0.0294. The van der Waals surface area contributed by atoms with Crippen LogP contribution in [0.1, 0.15) is 32.8 Å². The Labute approximate surface area is 255 Å². The summed E-state index contributed by atoms with van der Waals surface area (Å²) >= 11 is 24.7. The Bertz CT molecular complexity index is 1470. The van der Waals surface area contributed by atoms with Crippen molar-refractivity contribution in [1.82, 2.24) is 10.2 Å². The van der Waals surface area contributed by atoms with Crippen LogP contribution in [0.5, 0.6) is 0 Å². The van der Waals surface area contributed by atoms with Gasteiger partial charge >= 0.3 is 0 Å². The van der Waals surface area contributed by atoms with E-state index < -0.39 is 28.5 Å². The number of amides is 2. The first-order valence-electron chi connectivity index (χ1n) is 12.4. The fourth-order valence-corrected chi connectivity index (χ4v) is 6.13. The van der Waals surface area contributed by atoms with Crippen molar-refractivity contribution >= 4 is 73.9 Å². The summed E-state index contributed by atoms with van der Waals surface area (Å²) in [5.74, 6) is -1.02. The third kappa shape index (κ3) is 7.83. The number of sulfonamides is 1. The number of nitrogens with one attached hydrogen (secondary N) is 1. The van der Waals surface area contributed by atoms with Crippen molar-refractivity contribution in [2.75, 3.05) is 10.8 Å². The Balaban J connectivity index is 2.06. The van der Waals surface area contributed by atoms with Crippen LogP contribution in [0, 0.1) is 0 Å². The number of nitrogens with zero attached hydrogens (tertiary/aromatic N) is 2. The number of rotatable bonds is 11. The minimum Gasteiger partial charge on any atom is -0.352 e. The fourth-order valence-electron chi connectivity index (χ4n) is 3.80. The number of anilines is 1. The summed E-state index contributed by atoms with van der Waals surface area (Å²) in [6, 6.07) is 15.8. The number of carbonyl (C=O) groups excluding carboxylic acids is 2. The third-order valence-corrected chi connectivity index (χ3v) is 9.34. The molecular formula is C28H29Cl4N3O4S. The number of halogens is 4. The fraction of sp³-hybridized carbons (Fsp3) is 0.286. The van der Waals surface area contributed by atoms with Crippen molar-refractivity contribution in [2.45, 2.75) is 50.7 Å². The number of hydrogen-bond donors (Lipinski definition) is 1. The largest absolute Gasteiger partial charge is 0.352 e. The second kappa shape index (κ2) is 13.9. The molecule has 0 heterocycles. The lowest BCUT2D eigenvalue weighted by molar-refractivity contribution is -0.139. The average Bonchev–Trinajstić information content (AvgIpc) is 2.92. The van der Waals surface area contributed by atoms with Crippen molar-refractivity contribution in [2.24, 2.45) is 0 Å². The summed E-state index contributed by atoms with van der Waals surface area (Å²) in [4.78, 5) is 28.3. The van der Waals surface area contributed by atoms with E-state index in [4.69, 9.17) is 46.4 Å². The SMILES string of the molecule is CCC(C)NC(=O)C(C)N(Cc1ccc(Cl)c(Cl)c1)C(=O)CN(c1ccc(Cl)cc1Cl)S(=O)(=O)c1ccccc1. The highest BCUT2D eigenvalue weighted by atomic mass is 35.5. The van der Waals surface area contributed by atoms with Gasteiger partial charge in [-0.2, -0.15) is 0 Å². The zero-order valence-corrected chi connectivity index (χ0v) is 25.9. The molecule has 0 saturated carbocycles.